The van der Waals surface area contributed by atoms with Crippen molar-refractivity contribution in [2.24, 2.45) is 0 Å². The van der Waals surface area contributed by atoms with Gasteiger partial charge in [-0.2, -0.15) is 5.10 Å². The minimum Gasteiger partial charge on any atom is -0.377 e. The van der Waals surface area contributed by atoms with Gasteiger partial charge in [0.25, 0.3) is 0 Å². The lowest BCUT2D eigenvalue weighted by Gasteiger charge is -2.34. The molecular formula is C31H33N7O2. The van der Waals surface area contributed by atoms with Gasteiger partial charge in [0.15, 0.2) is 6.23 Å². The standard InChI is InChI=1S/C31H33N7O2/c1-22-20-39-16-14-37(22)28-17-25(27-18-32-21-36(27)19-23-7-3-2-4-8-23)24-10-12-33-31(30(24)35-28)26-11-13-34-38(26)29-9-5-6-15-40-29/h2-4,7-8,10-13,17-18,21-22,29H,5-6,9,14-16,19-20H2,1H3. The molecule has 204 valence electrons. The van der Waals surface area contributed by atoms with Gasteiger partial charge in [-0.05, 0) is 49.9 Å². The number of benzene rings is 1. The molecule has 6 heterocycles. The molecule has 2 saturated heterocycles. The van der Waals surface area contributed by atoms with Crippen molar-refractivity contribution in [3.63, 3.8) is 0 Å². The minimum atomic E-state index is -0.0926. The summed E-state index contributed by atoms with van der Waals surface area (Å²) in [6.07, 6.45) is 10.6. The average molecular weight is 536 g/mol. The van der Waals surface area contributed by atoms with Crippen LogP contribution in [0, 0.1) is 0 Å². The number of nitrogens with zero attached hydrogens (tertiary/aromatic N) is 7. The van der Waals surface area contributed by atoms with Crippen LogP contribution in [0.25, 0.3) is 33.5 Å². The first-order chi connectivity index (χ1) is 19.8. The Morgan fingerprint density at radius 3 is 2.77 bits per heavy atom. The number of rotatable bonds is 6. The van der Waals surface area contributed by atoms with Gasteiger partial charge in [0.2, 0.25) is 0 Å². The second kappa shape index (κ2) is 10.8. The van der Waals surface area contributed by atoms with E-state index in [1.807, 2.05) is 41.7 Å². The molecular weight excluding hydrogens is 502 g/mol. The lowest BCUT2D eigenvalue weighted by atomic mass is 10.0. The maximum absolute atomic E-state index is 6.10. The highest BCUT2D eigenvalue weighted by Gasteiger charge is 2.26. The normalized spacial score (nSPS) is 19.8. The largest absolute Gasteiger partial charge is 0.377 e. The third kappa shape index (κ3) is 4.65. The number of hydrogen-bond donors (Lipinski definition) is 0. The summed E-state index contributed by atoms with van der Waals surface area (Å²) in [6.45, 7) is 5.80. The zero-order valence-corrected chi connectivity index (χ0v) is 22.7. The van der Waals surface area contributed by atoms with Gasteiger partial charge in [0, 0.05) is 43.0 Å². The topological polar surface area (TPSA) is 83.1 Å². The van der Waals surface area contributed by atoms with Crippen LogP contribution in [0.3, 0.4) is 0 Å². The molecule has 4 aromatic heterocycles. The van der Waals surface area contributed by atoms with Gasteiger partial charge < -0.3 is 18.9 Å². The van der Waals surface area contributed by atoms with Gasteiger partial charge in [-0.25, -0.2) is 14.6 Å². The van der Waals surface area contributed by atoms with Gasteiger partial charge in [-0.1, -0.05) is 30.3 Å². The average Bonchev–Trinajstić information content (AvgIpc) is 3.68. The molecule has 2 aliphatic rings. The van der Waals surface area contributed by atoms with Gasteiger partial charge in [0.05, 0.1) is 43.2 Å². The molecule has 2 aliphatic heterocycles. The summed E-state index contributed by atoms with van der Waals surface area (Å²) in [4.78, 5) is 17.1. The lowest BCUT2D eigenvalue weighted by Crippen LogP contribution is -2.44. The molecule has 2 fully saturated rings. The molecule has 7 rings (SSSR count). The predicted molar refractivity (Wildman–Crippen MR) is 154 cm³/mol. The summed E-state index contributed by atoms with van der Waals surface area (Å²) in [5.41, 5.74) is 5.92. The number of fused-ring (bicyclic) bond motifs is 1. The summed E-state index contributed by atoms with van der Waals surface area (Å²) >= 11 is 0. The van der Waals surface area contributed by atoms with Crippen molar-refractivity contribution in [2.45, 2.75) is 45.0 Å². The first-order valence-electron chi connectivity index (χ1n) is 14.1. The molecule has 1 aromatic carbocycles. The third-order valence-corrected chi connectivity index (χ3v) is 7.90. The van der Waals surface area contributed by atoms with Gasteiger partial charge in [-0.15, -0.1) is 0 Å². The van der Waals surface area contributed by atoms with Crippen LogP contribution in [0.4, 0.5) is 5.82 Å². The van der Waals surface area contributed by atoms with Crippen molar-refractivity contribution in [3.8, 4) is 22.6 Å². The van der Waals surface area contributed by atoms with Crippen molar-refractivity contribution in [3.05, 3.63) is 79.0 Å². The Morgan fingerprint density at radius 1 is 1.00 bits per heavy atom. The molecule has 0 N–H and O–H groups in total. The van der Waals surface area contributed by atoms with Crippen LogP contribution < -0.4 is 4.90 Å². The number of pyridine rings is 2. The number of hydrogen-bond acceptors (Lipinski definition) is 7. The monoisotopic (exact) mass is 535 g/mol. The number of morpholine rings is 1. The summed E-state index contributed by atoms with van der Waals surface area (Å²) < 4.78 is 16.0. The van der Waals surface area contributed by atoms with E-state index >= 15 is 0 Å². The van der Waals surface area contributed by atoms with E-state index in [4.69, 9.17) is 19.4 Å². The van der Waals surface area contributed by atoms with Crippen molar-refractivity contribution < 1.29 is 9.47 Å². The van der Waals surface area contributed by atoms with Gasteiger partial charge in [-0.3, -0.25) is 4.98 Å². The van der Waals surface area contributed by atoms with Crippen LogP contribution in [0.5, 0.6) is 0 Å². The molecule has 0 radical (unpaired) electrons. The van der Waals surface area contributed by atoms with E-state index in [0.29, 0.717) is 13.2 Å². The highest BCUT2D eigenvalue weighted by Crippen LogP contribution is 2.37. The summed E-state index contributed by atoms with van der Waals surface area (Å²) in [7, 11) is 0. The van der Waals surface area contributed by atoms with Gasteiger partial charge in [0.1, 0.15) is 17.0 Å². The fourth-order valence-electron chi connectivity index (χ4n) is 5.85. The number of imidazole rings is 1. The molecule has 9 nitrogen and oxygen atoms in total. The minimum absolute atomic E-state index is 0.0926. The first-order valence-corrected chi connectivity index (χ1v) is 14.1. The zero-order valence-electron chi connectivity index (χ0n) is 22.7. The molecule has 2 unspecified atom stereocenters. The maximum Gasteiger partial charge on any atom is 0.150 e. The SMILES string of the molecule is CC1COCCN1c1cc(-c2cncn2Cc2ccccc2)c2ccnc(-c3ccnn3C3CCCCO3)c2n1. The Morgan fingerprint density at radius 2 is 1.93 bits per heavy atom. The Hall–Kier alpha value is -4.08. The number of ether oxygens (including phenoxy) is 2. The molecule has 2 atom stereocenters. The van der Waals surface area contributed by atoms with Crippen LogP contribution in [0.15, 0.2) is 73.4 Å². The highest BCUT2D eigenvalue weighted by atomic mass is 16.5. The van der Waals surface area contributed by atoms with Crippen LogP contribution in [0.1, 0.15) is 38.0 Å². The van der Waals surface area contributed by atoms with E-state index in [1.165, 1.54) is 5.56 Å². The van der Waals surface area contributed by atoms with Crippen LogP contribution in [-0.4, -0.2) is 61.7 Å². The summed E-state index contributed by atoms with van der Waals surface area (Å²) in [6, 6.07) is 17.0. The third-order valence-electron chi connectivity index (χ3n) is 7.90. The molecule has 0 aliphatic carbocycles. The number of aromatic nitrogens is 6. The van der Waals surface area contributed by atoms with Crippen molar-refractivity contribution in [1.29, 1.82) is 0 Å². The van der Waals surface area contributed by atoms with E-state index in [0.717, 1.165) is 78.3 Å². The summed E-state index contributed by atoms with van der Waals surface area (Å²) in [5, 5.41) is 5.69. The molecule has 0 amide bonds. The molecule has 0 saturated carbocycles. The highest BCUT2D eigenvalue weighted by molar-refractivity contribution is 6.01. The Labute approximate surface area is 233 Å². The van der Waals surface area contributed by atoms with E-state index in [9.17, 15) is 0 Å². The van der Waals surface area contributed by atoms with Crippen LogP contribution >= 0.6 is 0 Å². The van der Waals surface area contributed by atoms with Crippen LogP contribution in [0.2, 0.25) is 0 Å². The smallest absolute Gasteiger partial charge is 0.150 e. The maximum atomic E-state index is 6.10. The number of anilines is 1. The van der Waals surface area contributed by atoms with E-state index in [1.54, 1.807) is 0 Å². The second-order valence-electron chi connectivity index (χ2n) is 10.6. The quantitative estimate of drug-likeness (QED) is 0.291. The Bertz CT molecular complexity index is 1610. The molecule has 0 bridgehead atoms. The zero-order chi connectivity index (χ0) is 26.9. The molecule has 9 heteroatoms. The molecule has 40 heavy (non-hydrogen) atoms. The summed E-state index contributed by atoms with van der Waals surface area (Å²) in [5.74, 6) is 0.917. The van der Waals surface area contributed by atoms with E-state index in [2.05, 4.69) is 62.9 Å². The molecule has 5 aromatic rings. The second-order valence-corrected chi connectivity index (χ2v) is 10.6. The van der Waals surface area contributed by atoms with Crippen molar-refractivity contribution in [1.82, 2.24) is 29.3 Å². The van der Waals surface area contributed by atoms with Crippen molar-refractivity contribution in [2.75, 3.05) is 31.3 Å². The van der Waals surface area contributed by atoms with E-state index < -0.39 is 0 Å². The van der Waals surface area contributed by atoms with E-state index in [-0.39, 0.29) is 12.3 Å². The van der Waals surface area contributed by atoms with Crippen molar-refractivity contribution >= 4 is 16.7 Å². The first kappa shape index (κ1) is 24.9. The fraction of sp³-hybridized carbons (Fsp3) is 0.355. The Balaban J connectivity index is 1.41. The molecule has 0 spiro atoms. The Kier molecular flexibility index (Phi) is 6.75. The predicted octanol–water partition coefficient (Wildman–Crippen LogP) is 5.33. The van der Waals surface area contributed by atoms with Gasteiger partial charge >= 0.3 is 0 Å². The fourth-order valence-corrected chi connectivity index (χ4v) is 5.85. The lowest BCUT2D eigenvalue weighted by molar-refractivity contribution is -0.0383. The van der Waals surface area contributed by atoms with Crippen LogP contribution in [-0.2, 0) is 16.0 Å².